The monoisotopic (exact) mass is 101 g/mol. The van der Waals surface area contributed by atoms with Crippen molar-refractivity contribution in [1.82, 2.24) is 0 Å². The molecule has 1 saturated carbocycles. The van der Waals surface area contributed by atoms with Gasteiger partial charge in [-0.25, -0.2) is 0 Å². The van der Waals surface area contributed by atoms with Gasteiger partial charge in [0.1, 0.15) is 0 Å². The van der Waals surface area contributed by atoms with Gasteiger partial charge in [0.05, 0.1) is 12.7 Å². The normalized spacial score (nSPS) is 24.9. The average Bonchev–Trinajstić information content (AvgIpc) is 2.44. The highest BCUT2D eigenvalue weighted by Crippen LogP contribution is 2.30. The quantitative estimate of drug-likeness (QED) is 0.495. The average molecular weight is 101 g/mol. The molecule has 1 fully saturated rings. The van der Waals surface area contributed by atoms with Crippen molar-refractivity contribution >= 4 is 0 Å². The molecule has 0 heterocycles. The lowest BCUT2D eigenvalue weighted by Gasteiger charge is -2.00. The molecule has 0 amide bonds. The first-order valence-electron chi connectivity index (χ1n) is 2.47. The minimum absolute atomic E-state index is 0.0961. The lowest BCUT2D eigenvalue weighted by atomic mass is 10.2. The van der Waals surface area contributed by atoms with Crippen LogP contribution in [0.3, 0.4) is 0 Å². The van der Waals surface area contributed by atoms with E-state index in [4.69, 9.17) is 10.2 Å². The van der Waals surface area contributed by atoms with E-state index >= 15 is 0 Å². The van der Waals surface area contributed by atoms with Crippen LogP contribution in [0.5, 0.6) is 0 Å². The van der Waals surface area contributed by atoms with Gasteiger partial charge in [-0.2, -0.15) is 0 Å². The number of hydrogen-bond donors (Lipinski definition) is 2. The van der Waals surface area contributed by atoms with Crippen LogP contribution in [0.1, 0.15) is 6.42 Å². The third kappa shape index (κ3) is 1.14. The van der Waals surface area contributed by atoms with Crippen molar-refractivity contribution in [2.75, 3.05) is 6.61 Å². The summed E-state index contributed by atoms with van der Waals surface area (Å²) in [5, 5.41) is 17.0. The molecule has 0 aromatic rings. The Balaban J connectivity index is 2.10. The number of aliphatic hydroxyl groups is 2. The summed E-state index contributed by atoms with van der Waals surface area (Å²) in [6, 6.07) is 0. The minimum atomic E-state index is -0.486. The molecule has 1 radical (unpaired) electrons. The van der Waals surface area contributed by atoms with Gasteiger partial charge in [0.25, 0.3) is 0 Å². The van der Waals surface area contributed by atoms with Crippen LogP contribution in [-0.2, 0) is 0 Å². The van der Waals surface area contributed by atoms with Crippen LogP contribution in [-0.4, -0.2) is 22.9 Å². The Bertz CT molecular complexity index is 59.1. The second-order valence-electron chi connectivity index (χ2n) is 1.89. The molecule has 1 unspecified atom stereocenters. The van der Waals surface area contributed by atoms with E-state index in [1.807, 2.05) is 6.42 Å². The van der Waals surface area contributed by atoms with Gasteiger partial charge in [0.15, 0.2) is 0 Å². The van der Waals surface area contributed by atoms with Gasteiger partial charge >= 0.3 is 0 Å². The molecular formula is C5H9O2. The summed E-state index contributed by atoms with van der Waals surface area (Å²) < 4.78 is 0. The fourth-order valence-electron chi connectivity index (χ4n) is 0.528. The fraction of sp³-hybridized carbons (Fsp3) is 0.800. The number of rotatable bonds is 2. The first-order chi connectivity index (χ1) is 3.34. The summed E-state index contributed by atoms with van der Waals surface area (Å²) in [6.07, 6.45) is 2.47. The van der Waals surface area contributed by atoms with E-state index in [2.05, 4.69) is 0 Å². The molecule has 0 aliphatic heterocycles. The molecule has 1 aliphatic rings. The zero-order valence-corrected chi connectivity index (χ0v) is 4.04. The molecule has 0 aromatic heterocycles. The fourth-order valence-corrected chi connectivity index (χ4v) is 0.528. The van der Waals surface area contributed by atoms with Crippen LogP contribution < -0.4 is 0 Å². The predicted octanol–water partition coefficient (Wildman–Crippen LogP) is -0.436. The molecular weight excluding hydrogens is 92.1 g/mol. The number of hydrogen-bond acceptors (Lipinski definition) is 2. The number of aliphatic hydroxyl groups excluding tert-OH is 2. The molecule has 7 heavy (non-hydrogen) atoms. The molecule has 2 heteroatoms. The third-order valence-electron chi connectivity index (χ3n) is 1.19. The van der Waals surface area contributed by atoms with E-state index in [0.717, 1.165) is 6.42 Å². The van der Waals surface area contributed by atoms with Gasteiger partial charge in [-0.3, -0.25) is 0 Å². The minimum Gasteiger partial charge on any atom is -0.394 e. The summed E-state index contributed by atoms with van der Waals surface area (Å²) in [6.45, 7) is -0.0961. The van der Waals surface area contributed by atoms with Crippen LogP contribution in [0.25, 0.3) is 0 Å². The predicted molar refractivity (Wildman–Crippen MR) is 25.5 cm³/mol. The van der Waals surface area contributed by atoms with Gasteiger partial charge in [-0.1, -0.05) is 0 Å². The second kappa shape index (κ2) is 1.80. The summed E-state index contributed by atoms with van der Waals surface area (Å²) >= 11 is 0. The van der Waals surface area contributed by atoms with E-state index in [9.17, 15) is 0 Å². The summed E-state index contributed by atoms with van der Waals surface area (Å²) in [5.41, 5.74) is 0. The van der Waals surface area contributed by atoms with Gasteiger partial charge in [-0.05, 0) is 18.8 Å². The van der Waals surface area contributed by atoms with Gasteiger partial charge in [-0.15, -0.1) is 0 Å². The molecule has 0 saturated heterocycles. The van der Waals surface area contributed by atoms with Crippen molar-refractivity contribution in [2.24, 2.45) is 5.92 Å². The van der Waals surface area contributed by atoms with E-state index in [0.29, 0.717) is 5.92 Å². The first-order valence-corrected chi connectivity index (χ1v) is 2.47. The zero-order chi connectivity index (χ0) is 5.28. The Labute approximate surface area is 42.8 Å². The van der Waals surface area contributed by atoms with Gasteiger partial charge in [0.2, 0.25) is 0 Å². The largest absolute Gasteiger partial charge is 0.394 e. The smallest absolute Gasteiger partial charge is 0.0801 e. The molecule has 2 N–H and O–H groups in total. The molecule has 0 aromatic carbocycles. The maximum atomic E-state index is 8.72. The third-order valence-corrected chi connectivity index (χ3v) is 1.19. The second-order valence-corrected chi connectivity index (χ2v) is 1.89. The molecule has 1 aliphatic carbocycles. The highest BCUT2D eigenvalue weighted by Gasteiger charge is 2.29. The van der Waals surface area contributed by atoms with Crippen molar-refractivity contribution < 1.29 is 10.2 Å². The Hall–Kier alpha value is -0.0800. The molecule has 2 nitrogen and oxygen atoms in total. The van der Waals surface area contributed by atoms with Crippen LogP contribution >= 0.6 is 0 Å². The van der Waals surface area contributed by atoms with Crippen molar-refractivity contribution in [3.05, 3.63) is 6.42 Å². The summed E-state index contributed by atoms with van der Waals surface area (Å²) in [4.78, 5) is 0. The Kier molecular flexibility index (Phi) is 1.30. The molecule has 41 valence electrons. The van der Waals surface area contributed by atoms with Crippen LogP contribution in [0.2, 0.25) is 0 Å². The van der Waals surface area contributed by atoms with E-state index in [-0.39, 0.29) is 6.61 Å². The maximum Gasteiger partial charge on any atom is 0.0801 e. The Morgan fingerprint density at radius 1 is 1.86 bits per heavy atom. The topological polar surface area (TPSA) is 40.5 Å². The summed E-state index contributed by atoms with van der Waals surface area (Å²) in [7, 11) is 0. The van der Waals surface area contributed by atoms with Crippen LogP contribution in [0.15, 0.2) is 0 Å². The zero-order valence-electron chi connectivity index (χ0n) is 4.04. The highest BCUT2D eigenvalue weighted by molar-refractivity contribution is 4.98. The van der Waals surface area contributed by atoms with E-state index in [1.165, 1.54) is 0 Å². The van der Waals surface area contributed by atoms with Crippen molar-refractivity contribution in [2.45, 2.75) is 12.5 Å². The SMILES string of the molecule is OC[C@@H](O)C1[CH]C1. The van der Waals surface area contributed by atoms with Crippen LogP contribution in [0, 0.1) is 12.3 Å². The van der Waals surface area contributed by atoms with Crippen molar-refractivity contribution in [3.8, 4) is 0 Å². The van der Waals surface area contributed by atoms with Gasteiger partial charge in [0, 0.05) is 0 Å². The highest BCUT2D eigenvalue weighted by atomic mass is 16.3. The van der Waals surface area contributed by atoms with Crippen molar-refractivity contribution in [3.63, 3.8) is 0 Å². The van der Waals surface area contributed by atoms with Gasteiger partial charge < -0.3 is 10.2 Å². The first kappa shape index (κ1) is 5.06. The van der Waals surface area contributed by atoms with Crippen molar-refractivity contribution in [1.29, 1.82) is 0 Å². The summed E-state index contributed by atoms with van der Waals surface area (Å²) in [5.74, 6) is 0.296. The van der Waals surface area contributed by atoms with E-state index < -0.39 is 6.10 Å². The standard InChI is InChI=1S/C5H9O2/c6-3-5(7)4-1-2-4/h1,4-7H,2-3H2/t4?,5-/m1/s1. The molecule has 1 rings (SSSR count). The van der Waals surface area contributed by atoms with Crippen LogP contribution in [0.4, 0.5) is 0 Å². The van der Waals surface area contributed by atoms with E-state index in [1.54, 1.807) is 0 Å². The Morgan fingerprint density at radius 2 is 2.43 bits per heavy atom. The maximum absolute atomic E-state index is 8.72. The molecule has 0 spiro atoms. The molecule has 0 bridgehead atoms. The lowest BCUT2D eigenvalue weighted by Crippen LogP contribution is -2.13. The lowest BCUT2D eigenvalue weighted by molar-refractivity contribution is 0.0811. The Morgan fingerprint density at radius 3 is 2.57 bits per heavy atom. The molecule has 2 atom stereocenters.